The summed E-state index contributed by atoms with van der Waals surface area (Å²) in [5, 5.41) is 8.04. The van der Waals surface area contributed by atoms with Crippen molar-refractivity contribution in [3.05, 3.63) is 168 Å². The Morgan fingerprint density at radius 1 is 0.370 bits per heavy atom. The topological polar surface area (TPSA) is 38.3 Å². The van der Waals surface area contributed by atoms with Crippen LogP contribution in [0.15, 0.2) is 177 Å². The zero-order valence-electron chi connectivity index (χ0n) is 24.8. The predicted octanol–water partition coefficient (Wildman–Crippen LogP) is 13.0. The Morgan fingerprint density at radius 3 is 1.37 bits per heavy atom. The maximum atomic E-state index is 6.38. The van der Waals surface area contributed by atoms with Gasteiger partial charge in [0.05, 0.1) is 10.2 Å². The zero-order chi connectivity index (χ0) is 30.9. The summed E-state index contributed by atoms with van der Waals surface area (Å²) in [4.78, 5) is 0. The van der Waals surface area contributed by atoms with E-state index in [4.69, 9.17) is 8.83 Å². The molecule has 7 aromatic carbocycles. The first-order valence-electron chi connectivity index (χ1n) is 15.2. The van der Waals surface area contributed by atoms with Crippen LogP contribution in [0.25, 0.3) is 66.1 Å². The highest BCUT2D eigenvalue weighted by Gasteiger charge is 2.15. The second kappa shape index (κ2) is 12.1. The lowest BCUT2D eigenvalue weighted by Gasteiger charge is -2.06. The smallest absolute Gasteiger partial charge is 0.158 e. The Morgan fingerprint density at radius 2 is 0.804 bits per heavy atom. The molecule has 2 aromatic heterocycles. The molecule has 1 N–H and O–H groups in total. The third kappa shape index (κ3) is 5.13. The lowest BCUT2D eigenvalue weighted by Crippen LogP contribution is -1.89. The second-order valence-electron chi connectivity index (χ2n) is 11.1. The van der Waals surface area contributed by atoms with E-state index in [1.807, 2.05) is 54.6 Å². The highest BCUT2D eigenvalue weighted by molar-refractivity contribution is 9.10. The van der Waals surface area contributed by atoms with E-state index in [-0.39, 0.29) is 0 Å². The van der Waals surface area contributed by atoms with E-state index in [2.05, 4.69) is 130 Å². The number of halogens is 1. The number of fused-ring (bicyclic) bond motifs is 6. The van der Waals surface area contributed by atoms with Crippen molar-refractivity contribution in [1.82, 2.24) is 0 Å². The predicted molar refractivity (Wildman–Crippen MR) is 196 cm³/mol. The van der Waals surface area contributed by atoms with Gasteiger partial charge in [-0.3, -0.25) is 0 Å². The monoisotopic (exact) mass is 657 g/mol. The zero-order valence-corrected chi connectivity index (χ0v) is 26.4. The van der Waals surface area contributed by atoms with Crippen molar-refractivity contribution in [2.75, 3.05) is 5.32 Å². The molecule has 9 aromatic rings. The van der Waals surface area contributed by atoms with Crippen molar-refractivity contribution in [3.63, 3.8) is 0 Å². The van der Waals surface area contributed by atoms with Gasteiger partial charge in [-0.05, 0) is 51.3 Å². The van der Waals surface area contributed by atoms with Crippen LogP contribution in [-0.4, -0.2) is 0 Å². The van der Waals surface area contributed by atoms with Gasteiger partial charge < -0.3 is 14.2 Å². The molecule has 0 bridgehead atoms. The molecule has 0 aliphatic carbocycles. The first-order chi connectivity index (χ1) is 22.7. The number of hydrogen-bond acceptors (Lipinski definition) is 3. The molecule has 0 atom stereocenters. The molecule has 3 nitrogen and oxygen atoms in total. The van der Waals surface area contributed by atoms with Crippen LogP contribution in [-0.2, 0) is 0 Å². The number of nitrogens with one attached hydrogen (secondary N) is 1. The molecule has 0 spiro atoms. The van der Waals surface area contributed by atoms with E-state index in [0.717, 1.165) is 76.4 Å². The van der Waals surface area contributed by atoms with Crippen LogP contribution in [0.1, 0.15) is 0 Å². The molecular weight excluding hydrogens is 630 g/mol. The molecule has 220 valence electrons. The van der Waals surface area contributed by atoms with Gasteiger partial charge >= 0.3 is 0 Å². The summed E-state index contributed by atoms with van der Waals surface area (Å²) in [6.45, 7) is 0. The average molecular weight is 659 g/mol. The average Bonchev–Trinajstić information content (AvgIpc) is 3.70. The summed E-state index contributed by atoms with van der Waals surface area (Å²) >= 11 is 3.56. The maximum Gasteiger partial charge on any atom is 0.158 e. The number of anilines is 2. The molecular formula is C42H28BrNO2. The fourth-order valence-corrected chi connectivity index (χ4v) is 6.52. The Kier molecular flexibility index (Phi) is 7.33. The van der Waals surface area contributed by atoms with Gasteiger partial charge in [-0.25, -0.2) is 0 Å². The Balaban J connectivity index is 0.000000140. The van der Waals surface area contributed by atoms with Gasteiger partial charge in [0.1, 0.15) is 16.7 Å². The molecule has 0 aliphatic rings. The normalized spacial score (nSPS) is 11.2. The van der Waals surface area contributed by atoms with Gasteiger partial charge in [-0.1, -0.05) is 140 Å². The van der Waals surface area contributed by atoms with Crippen LogP contribution in [0.2, 0.25) is 0 Å². The standard InChI is InChI=1S/C24H17NO.C18H11BrO/c1-3-9-17(10-4-1)19-13-7-14-20-21-15-8-16-22(24(21)26-23(19)20)25-18-11-5-2-6-12-18;19-16-11-5-10-15-14-9-4-8-13(17(14)20-18(15)16)12-6-2-1-3-7-12/h1-16,25H;1-11H. The van der Waals surface area contributed by atoms with Crippen LogP contribution in [0.3, 0.4) is 0 Å². The summed E-state index contributed by atoms with van der Waals surface area (Å²) in [6.07, 6.45) is 0. The van der Waals surface area contributed by atoms with Gasteiger partial charge in [-0.15, -0.1) is 0 Å². The number of hydrogen-bond donors (Lipinski definition) is 1. The molecule has 2 heterocycles. The van der Waals surface area contributed by atoms with Crippen molar-refractivity contribution in [3.8, 4) is 22.3 Å². The van der Waals surface area contributed by atoms with E-state index in [0.29, 0.717) is 0 Å². The highest BCUT2D eigenvalue weighted by atomic mass is 79.9. The molecule has 0 saturated heterocycles. The van der Waals surface area contributed by atoms with E-state index in [1.54, 1.807) is 0 Å². The van der Waals surface area contributed by atoms with Crippen LogP contribution in [0.5, 0.6) is 0 Å². The number of furan rings is 2. The highest BCUT2D eigenvalue weighted by Crippen LogP contribution is 2.40. The van der Waals surface area contributed by atoms with E-state index in [9.17, 15) is 0 Å². The van der Waals surface area contributed by atoms with Crippen molar-refractivity contribution < 1.29 is 8.83 Å². The lowest BCUT2D eigenvalue weighted by molar-refractivity contribution is 0.668. The summed E-state index contributed by atoms with van der Waals surface area (Å²) in [5.74, 6) is 0. The van der Waals surface area contributed by atoms with Crippen molar-refractivity contribution in [2.24, 2.45) is 0 Å². The molecule has 0 radical (unpaired) electrons. The third-order valence-corrected chi connectivity index (χ3v) is 8.85. The summed E-state index contributed by atoms with van der Waals surface area (Å²) in [7, 11) is 0. The summed E-state index contributed by atoms with van der Waals surface area (Å²) < 4.78 is 13.5. The molecule has 0 saturated carbocycles. The third-order valence-electron chi connectivity index (χ3n) is 8.22. The van der Waals surface area contributed by atoms with Gasteiger partial charge in [0.25, 0.3) is 0 Å². The number of para-hydroxylation sites is 5. The first-order valence-corrected chi connectivity index (χ1v) is 16.0. The second-order valence-corrected chi connectivity index (χ2v) is 11.9. The van der Waals surface area contributed by atoms with Gasteiger partial charge in [-0.2, -0.15) is 0 Å². The quantitative estimate of drug-likeness (QED) is 0.205. The molecule has 46 heavy (non-hydrogen) atoms. The molecule has 0 aliphatic heterocycles. The van der Waals surface area contributed by atoms with Gasteiger partial charge in [0.15, 0.2) is 5.58 Å². The Labute approximate surface area is 274 Å². The fourth-order valence-electron chi connectivity index (χ4n) is 6.07. The fraction of sp³-hybridized carbons (Fsp3) is 0. The van der Waals surface area contributed by atoms with Gasteiger partial charge in [0, 0.05) is 38.4 Å². The minimum Gasteiger partial charge on any atom is -0.454 e. The lowest BCUT2D eigenvalue weighted by atomic mass is 10.0. The van der Waals surface area contributed by atoms with Crippen LogP contribution < -0.4 is 5.32 Å². The van der Waals surface area contributed by atoms with Crippen molar-refractivity contribution in [1.29, 1.82) is 0 Å². The molecule has 9 rings (SSSR count). The van der Waals surface area contributed by atoms with E-state index < -0.39 is 0 Å². The Bertz CT molecular complexity index is 2450. The molecule has 0 amide bonds. The minimum absolute atomic E-state index is 0.884. The summed E-state index contributed by atoms with van der Waals surface area (Å²) in [6, 6.07) is 55.9. The van der Waals surface area contributed by atoms with Gasteiger partial charge in [0.2, 0.25) is 0 Å². The van der Waals surface area contributed by atoms with E-state index >= 15 is 0 Å². The number of benzene rings is 7. The first kappa shape index (κ1) is 27.9. The van der Waals surface area contributed by atoms with Crippen molar-refractivity contribution in [2.45, 2.75) is 0 Å². The van der Waals surface area contributed by atoms with Crippen LogP contribution in [0.4, 0.5) is 11.4 Å². The molecule has 0 fully saturated rings. The van der Waals surface area contributed by atoms with Crippen molar-refractivity contribution >= 4 is 71.2 Å². The summed E-state index contributed by atoms with van der Waals surface area (Å²) in [5.41, 5.74) is 10.3. The maximum absolute atomic E-state index is 6.38. The molecule has 4 heteroatoms. The van der Waals surface area contributed by atoms with Crippen LogP contribution >= 0.6 is 15.9 Å². The van der Waals surface area contributed by atoms with E-state index in [1.165, 1.54) is 5.56 Å². The number of rotatable bonds is 4. The van der Waals surface area contributed by atoms with Crippen LogP contribution in [0, 0.1) is 0 Å². The Hall–Kier alpha value is -5.58. The largest absolute Gasteiger partial charge is 0.454 e. The SMILES string of the molecule is Brc1cccc2c1oc1c(-c3ccccc3)cccc12.c1ccc(Nc2cccc3c2oc2c(-c4ccccc4)cccc23)cc1. The molecule has 0 unspecified atom stereocenters. The minimum atomic E-state index is 0.884.